The molecule has 0 heterocycles. The first-order valence-electron chi connectivity index (χ1n) is 5.45. The van der Waals surface area contributed by atoms with E-state index in [1.807, 2.05) is 22.6 Å². The predicted octanol–water partition coefficient (Wildman–Crippen LogP) is 0.765. The maximum atomic E-state index is 11.9. The van der Waals surface area contributed by atoms with E-state index < -0.39 is 29.4 Å². The molecule has 0 radical (unpaired) electrons. The lowest BCUT2D eigenvalue weighted by Crippen LogP contribution is -2.41. The minimum absolute atomic E-state index is 0.0176. The number of nitro groups is 1. The first-order valence-corrected chi connectivity index (χ1v) is 6.53. The van der Waals surface area contributed by atoms with Crippen LogP contribution in [0, 0.1) is 13.7 Å². The Morgan fingerprint density at radius 1 is 1.45 bits per heavy atom. The summed E-state index contributed by atoms with van der Waals surface area (Å²) in [6.45, 7) is -0.400. The maximum absolute atomic E-state index is 11.9. The molecule has 0 bridgehead atoms. The van der Waals surface area contributed by atoms with Crippen molar-refractivity contribution in [3.05, 3.63) is 37.4 Å². The van der Waals surface area contributed by atoms with E-state index in [9.17, 15) is 19.7 Å². The molecule has 0 saturated heterocycles. The number of nitrogens with one attached hydrogen (secondary N) is 1. The summed E-state index contributed by atoms with van der Waals surface area (Å²) in [4.78, 5) is 32.8. The van der Waals surface area contributed by atoms with Gasteiger partial charge in [-0.25, -0.2) is 4.79 Å². The quantitative estimate of drug-likeness (QED) is 0.371. The van der Waals surface area contributed by atoms with E-state index in [1.54, 1.807) is 0 Å². The first kappa shape index (κ1) is 16.3. The van der Waals surface area contributed by atoms with Gasteiger partial charge in [0, 0.05) is 28.7 Å². The number of carbonyl (C=O) groups is 2. The fourth-order valence-corrected chi connectivity index (χ4v) is 2.00. The van der Waals surface area contributed by atoms with E-state index in [0.29, 0.717) is 3.57 Å². The molecule has 1 rings (SSSR count). The van der Waals surface area contributed by atoms with Crippen molar-refractivity contribution in [1.29, 1.82) is 0 Å². The second-order valence-electron chi connectivity index (χ2n) is 3.80. The van der Waals surface area contributed by atoms with Gasteiger partial charge in [0.25, 0.3) is 11.6 Å². The average Bonchev–Trinajstić information content (AvgIpc) is 2.38. The number of rotatable bonds is 6. The Morgan fingerprint density at radius 2 is 2.10 bits per heavy atom. The van der Waals surface area contributed by atoms with Crippen LogP contribution in [-0.4, -0.2) is 39.7 Å². The van der Waals surface area contributed by atoms with Crippen LogP contribution in [-0.2, 0) is 4.79 Å². The maximum Gasteiger partial charge on any atom is 0.326 e. The van der Waals surface area contributed by atoms with E-state index in [0.717, 1.165) is 6.07 Å². The molecule has 0 saturated carbocycles. The van der Waals surface area contributed by atoms with Crippen LogP contribution in [0.5, 0.6) is 0 Å². The second kappa shape index (κ2) is 7.14. The van der Waals surface area contributed by atoms with Crippen LogP contribution < -0.4 is 5.32 Å². The van der Waals surface area contributed by atoms with Crippen LogP contribution in [0.15, 0.2) is 18.2 Å². The molecule has 0 aliphatic rings. The number of non-ortho nitro benzene ring substituents is 1. The number of amides is 1. The first-order chi connectivity index (χ1) is 9.36. The number of nitrogens with zero attached hydrogens (tertiary/aromatic N) is 1. The van der Waals surface area contributed by atoms with Gasteiger partial charge in [0.1, 0.15) is 6.04 Å². The smallest absolute Gasteiger partial charge is 0.326 e. The molecule has 108 valence electrons. The number of aliphatic hydroxyl groups excluding tert-OH is 1. The van der Waals surface area contributed by atoms with Gasteiger partial charge in [0.15, 0.2) is 0 Å². The fourth-order valence-electron chi connectivity index (χ4n) is 1.42. The molecule has 0 unspecified atom stereocenters. The van der Waals surface area contributed by atoms with Crippen molar-refractivity contribution >= 4 is 40.2 Å². The minimum Gasteiger partial charge on any atom is -0.480 e. The lowest BCUT2D eigenvalue weighted by molar-refractivity contribution is -0.384. The SMILES string of the molecule is O=C(N[C@@H](CCO)C(=O)O)c1cc([N+](=O)[O-])ccc1I. The van der Waals surface area contributed by atoms with Gasteiger partial charge >= 0.3 is 5.97 Å². The van der Waals surface area contributed by atoms with Crippen molar-refractivity contribution in [2.45, 2.75) is 12.5 Å². The van der Waals surface area contributed by atoms with E-state index >= 15 is 0 Å². The van der Waals surface area contributed by atoms with Crippen LogP contribution in [0.4, 0.5) is 5.69 Å². The van der Waals surface area contributed by atoms with Gasteiger partial charge in [-0.15, -0.1) is 0 Å². The monoisotopic (exact) mass is 394 g/mol. The molecule has 0 aliphatic heterocycles. The highest BCUT2D eigenvalue weighted by molar-refractivity contribution is 14.1. The molecule has 1 aromatic rings. The number of carboxylic acids is 1. The molecule has 1 amide bonds. The normalized spacial score (nSPS) is 11.7. The number of halogens is 1. The van der Waals surface area contributed by atoms with Gasteiger partial charge in [-0.05, 0) is 28.7 Å². The van der Waals surface area contributed by atoms with Gasteiger partial charge in [-0.3, -0.25) is 14.9 Å². The Labute approximate surface area is 127 Å². The lowest BCUT2D eigenvalue weighted by Gasteiger charge is -2.13. The number of carbonyl (C=O) groups excluding carboxylic acids is 1. The third-order valence-electron chi connectivity index (χ3n) is 2.43. The summed E-state index contributed by atoms with van der Waals surface area (Å²) in [7, 11) is 0. The van der Waals surface area contributed by atoms with Crippen LogP contribution in [0.25, 0.3) is 0 Å². The van der Waals surface area contributed by atoms with Gasteiger partial charge in [-0.1, -0.05) is 0 Å². The van der Waals surface area contributed by atoms with Crippen molar-refractivity contribution in [3.63, 3.8) is 0 Å². The summed E-state index contributed by atoms with van der Waals surface area (Å²) in [6, 6.07) is 2.48. The van der Waals surface area contributed by atoms with Crippen molar-refractivity contribution in [2.75, 3.05) is 6.61 Å². The van der Waals surface area contributed by atoms with Crippen LogP contribution in [0.2, 0.25) is 0 Å². The lowest BCUT2D eigenvalue weighted by atomic mass is 10.1. The largest absolute Gasteiger partial charge is 0.480 e. The molecule has 0 fully saturated rings. The van der Waals surface area contributed by atoms with Crippen LogP contribution in [0.3, 0.4) is 0 Å². The Kier molecular flexibility index (Phi) is 5.82. The van der Waals surface area contributed by atoms with Crippen LogP contribution in [0.1, 0.15) is 16.8 Å². The number of benzene rings is 1. The van der Waals surface area contributed by atoms with E-state index in [1.165, 1.54) is 12.1 Å². The molecule has 20 heavy (non-hydrogen) atoms. The van der Waals surface area contributed by atoms with Crippen molar-refractivity contribution in [2.24, 2.45) is 0 Å². The average molecular weight is 394 g/mol. The topological polar surface area (TPSA) is 130 Å². The molecule has 1 aromatic carbocycles. The molecule has 0 spiro atoms. The number of nitro benzene ring substituents is 1. The molecular weight excluding hydrogens is 383 g/mol. The Bertz CT molecular complexity index is 548. The highest BCUT2D eigenvalue weighted by atomic mass is 127. The number of aliphatic hydroxyl groups is 1. The highest BCUT2D eigenvalue weighted by Crippen LogP contribution is 2.19. The van der Waals surface area contributed by atoms with Gasteiger partial charge < -0.3 is 15.5 Å². The Hall–Kier alpha value is -1.75. The predicted molar refractivity (Wildman–Crippen MR) is 76.4 cm³/mol. The third kappa shape index (κ3) is 4.13. The molecule has 1 atom stereocenters. The van der Waals surface area contributed by atoms with Crippen molar-refractivity contribution < 1.29 is 24.7 Å². The zero-order valence-electron chi connectivity index (χ0n) is 10.1. The summed E-state index contributed by atoms with van der Waals surface area (Å²) in [5, 5.41) is 30.5. The summed E-state index contributed by atoms with van der Waals surface area (Å²) in [5.74, 6) is -2.02. The van der Waals surface area contributed by atoms with Crippen molar-refractivity contribution in [3.8, 4) is 0 Å². The fraction of sp³-hybridized carbons (Fsp3) is 0.273. The van der Waals surface area contributed by atoms with Crippen molar-refractivity contribution in [1.82, 2.24) is 5.32 Å². The third-order valence-corrected chi connectivity index (χ3v) is 3.37. The molecular formula is C11H11IN2O6. The number of hydrogen-bond donors (Lipinski definition) is 3. The number of carboxylic acid groups (broad SMARTS) is 1. The van der Waals surface area contributed by atoms with Crippen LogP contribution >= 0.6 is 22.6 Å². The number of hydrogen-bond acceptors (Lipinski definition) is 5. The molecule has 0 aromatic heterocycles. The van der Waals surface area contributed by atoms with E-state index in [4.69, 9.17) is 10.2 Å². The Balaban J connectivity index is 2.99. The van der Waals surface area contributed by atoms with Gasteiger partial charge in [0.05, 0.1) is 10.5 Å². The van der Waals surface area contributed by atoms with E-state index in [-0.39, 0.29) is 17.7 Å². The minimum atomic E-state index is -1.28. The van der Waals surface area contributed by atoms with E-state index in [2.05, 4.69) is 5.32 Å². The Morgan fingerprint density at radius 3 is 2.60 bits per heavy atom. The zero-order chi connectivity index (χ0) is 15.3. The van der Waals surface area contributed by atoms with Gasteiger partial charge in [0.2, 0.25) is 0 Å². The summed E-state index contributed by atoms with van der Waals surface area (Å²) < 4.78 is 0.457. The second-order valence-corrected chi connectivity index (χ2v) is 4.96. The molecule has 0 aliphatic carbocycles. The molecule has 8 nitrogen and oxygen atoms in total. The highest BCUT2D eigenvalue weighted by Gasteiger charge is 2.22. The zero-order valence-corrected chi connectivity index (χ0v) is 12.2. The number of aliphatic carboxylic acids is 1. The molecule has 9 heteroatoms. The van der Waals surface area contributed by atoms with Gasteiger partial charge in [-0.2, -0.15) is 0 Å². The summed E-state index contributed by atoms with van der Waals surface area (Å²) in [6.07, 6.45) is -0.146. The summed E-state index contributed by atoms with van der Waals surface area (Å²) in [5.41, 5.74) is -0.242. The summed E-state index contributed by atoms with van der Waals surface area (Å²) >= 11 is 1.82. The standard InChI is InChI=1S/C11H11IN2O6/c12-8-2-1-6(14(19)20)5-7(8)10(16)13-9(3-4-15)11(17)18/h1-2,5,9,15H,3-4H2,(H,13,16)(H,17,18)/t9-/m0/s1. The molecule has 3 N–H and O–H groups in total.